The first-order valence-electron chi connectivity index (χ1n) is 6.83. The van der Waals surface area contributed by atoms with E-state index in [2.05, 4.69) is 31.4 Å². The van der Waals surface area contributed by atoms with E-state index in [0.29, 0.717) is 22.5 Å². The fourth-order valence-electron chi connectivity index (χ4n) is 1.79. The first-order chi connectivity index (χ1) is 11.6. The van der Waals surface area contributed by atoms with Crippen LogP contribution in [0.15, 0.2) is 44.7 Å². The van der Waals surface area contributed by atoms with Crippen LogP contribution < -0.4 is 10.1 Å². The first-order valence-corrected chi connectivity index (χ1v) is 8.88. The van der Waals surface area contributed by atoms with Gasteiger partial charge >= 0.3 is 0 Å². The van der Waals surface area contributed by atoms with Crippen LogP contribution >= 0.6 is 38.9 Å². The molecule has 0 aliphatic heterocycles. The van der Waals surface area contributed by atoms with E-state index in [1.54, 1.807) is 18.2 Å². The molecule has 0 radical (unpaired) electrons. The lowest BCUT2D eigenvalue weighted by Crippen LogP contribution is -2.28. The lowest BCUT2D eigenvalue weighted by molar-refractivity contribution is -0.123. The molecule has 0 fully saturated rings. The number of nitrogens with one attached hydrogen (secondary N) is 1. The zero-order valence-electron chi connectivity index (χ0n) is 12.2. The van der Waals surface area contributed by atoms with Gasteiger partial charge in [-0.25, -0.2) is 0 Å². The van der Waals surface area contributed by atoms with Gasteiger partial charge in [0.15, 0.2) is 6.61 Å². The van der Waals surface area contributed by atoms with Gasteiger partial charge in [0.1, 0.15) is 5.75 Å². The molecule has 24 heavy (non-hydrogen) atoms. The molecule has 3 rings (SSSR count). The average Bonchev–Trinajstić information content (AvgIpc) is 3.23. The van der Waals surface area contributed by atoms with Crippen molar-refractivity contribution in [3.05, 3.63) is 51.1 Å². The van der Waals surface area contributed by atoms with E-state index in [9.17, 15) is 4.79 Å². The van der Waals surface area contributed by atoms with E-state index in [4.69, 9.17) is 20.9 Å². The summed E-state index contributed by atoms with van der Waals surface area (Å²) in [6, 6.07) is 8.96. The van der Waals surface area contributed by atoms with Gasteiger partial charge in [-0.05, 0) is 29.6 Å². The Balaban J connectivity index is 1.49. The summed E-state index contributed by atoms with van der Waals surface area (Å²) in [6.07, 6.45) is 0. The molecule has 0 aliphatic rings. The number of ether oxygens (including phenoxy) is 1. The van der Waals surface area contributed by atoms with Crippen molar-refractivity contribution in [1.82, 2.24) is 15.5 Å². The molecule has 0 atom stereocenters. The topological polar surface area (TPSA) is 77.2 Å². The molecule has 3 aromatic rings. The molecule has 6 nitrogen and oxygen atoms in total. The minimum atomic E-state index is -0.315. The number of aromatic nitrogens is 2. The van der Waals surface area contributed by atoms with Gasteiger partial charge in [-0.3, -0.25) is 4.79 Å². The molecule has 1 N–H and O–H groups in total. The Labute approximate surface area is 154 Å². The zero-order chi connectivity index (χ0) is 16.9. The van der Waals surface area contributed by atoms with Gasteiger partial charge in [-0.1, -0.05) is 38.8 Å². The minimum Gasteiger partial charge on any atom is -0.482 e. The Morgan fingerprint density at radius 2 is 2.29 bits per heavy atom. The number of rotatable bonds is 6. The normalized spacial score (nSPS) is 10.6. The van der Waals surface area contributed by atoms with Crippen molar-refractivity contribution in [1.29, 1.82) is 0 Å². The van der Waals surface area contributed by atoms with Gasteiger partial charge in [0, 0.05) is 4.47 Å². The van der Waals surface area contributed by atoms with Crippen molar-refractivity contribution < 1.29 is 14.1 Å². The van der Waals surface area contributed by atoms with Crippen LogP contribution in [0.3, 0.4) is 0 Å². The van der Waals surface area contributed by atoms with Crippen molar-refractivity contribution in [2.24, 2.45) is 0 Å². The molecule has 0 aliphatic carbocycles. The summed E-state index contributed by atoms with van der Waals surface area (Å²) in [5, 5.41) is 8.87. The first kappa shape index (κ1) is 16.9. The van der Waals surface area contributed by atoms with E-state index in [0.717, 1.165) is 9.35 Å². The second-order valence-electron chi connectivity index (χ2n) is 4.63. The van der Waals surface area contributed by atoms with Gasteiger partial charge in [-0.15, -0.1) is 11.3 Å². The maximum Gasteiger partial charge on any atom is 0.258 e. The molecule has 9 heteroatoms. The molecule has 124 valence electrons. The lowest BCUT2D eigenvalue weighted by atomic mass is 10.3. The third kappa shape index (κ3) is 4.34. The standard InChI is InChI=1S/C15H11BrClN3O3S/c16-9-3-4-11(10(17)6-9)22-8-13(21)18-7-14-19-15(20-23-14)12-2-1-5-24-12/h1-6H,7-8H2,(H,18,21). The summed E-state index contributed by atoms with van der Waals surface area (Å²) in [5.74, 6) is 0.957. The number of hydrogen-bond donors (Lipinski definition) is 1. The largest absolute Gasteiger partial charge is 0.482 e. The number of thiophene rings is 1. The number of carbonyl (C=O) groups is 1. The Morgan fingerprint density at radius 1 is 1.42 bits per heavy atom. The Bertz CT molecular complexity index is 838. The fourth-order valence-corrected chi connectivity index (χ4v) is 3.17. The minimum absolute atomic E-state index is 0.134. The number of hydrogen-bond acceptors (Lipinski definition) is 6. The van der Waals surface area contributed by atoms with Crippen LogP contribution in [-0.4, -0.2) is 22.7 Å². The summed E-state index contributed by atoms with van der Waals surface area (Å²) in [7, 11) is 0. The summed E-state index contributed by atoms with van der Waals surface area (Å²) in [4.78, 5) is 17.0. The highest BCUT2D eigenvalue weighted by atomic mass is 79.9. The number of halogens is 2. The highest BCUT2D eigenvalue weighted by Gasteiger charge is 2.11. The number of carbonyl (C=O) groups excluding carboxylic acids is 1. The van der Waals surface area contributed by atoms with Crippen LogP contribution in [0.1, 0.15) is 5.89 Å². The molecule has 2 aromatic heterocycles. The quantitative estimate of drug-likeness (QED) is 0.644. The van der Waals surface area contributed by atoms with Crippen molar-refractivity contribution in [3.63, 3.8) is 0 Å². The predicted molar refractivity (Wildman–Crippen MR) is 94.1 cm³/mol. The maximum absolute atomic E-state index is 11.8. The molecule has 0 spiro atoms. The Kier molecular flexibility index (Phi) is 5.49. The van der Waals surface area contributed by atoms with Gasteiger partial charge in [0.05, 0.1) is 16.4 Å². The number of amides is 1. The summed E-state index contributed by atoms with van der Waals surface area (Å²) >= 11 is 10.8. The van der Waals surface area contributed by atoms with Gasteiger partial charge in [0.25, 0.3) is 5.91 Å². The van der Waals surface area contributed by atoms with Crippen LogP contribution in [0, 0.1) is 0 Å². The molecule has 0 saturated carbocycles. The zero-order valence-corrected chi connectivity index (χ0v) is 15.3. The molecule has 0 saturated heterocycles. The monoisotopic (exact) mass is 427 g/mol. The summed E-state index contributed by atoms with van der Waals surface area (Å²) in [5.41, 5.74) is 0. The SMILES string of the molecule is O=C(COc1ccc(Br)cc1Cl)NCc1nc(-c2cccs2)no1. The van der Waals surface area contributed by atoms with E-state index >= 15 is 0 Å². The van der Waals surface area contributed by atoms with Gasteiger partial charge in [-0.2, -0.15) is 4.98 Å². The highest BCUT2D eigenvalue weighted by molar-refractivity contribution is 9.10. The van der Waals surface area contributed by atoms with Crippen molar-refractivity contribution in [2.75, 3.05) is 6.61 Å². The molecule has 1 aromatic carbocycles. The molecule has 2 heterocycles. The number of nitrogens with zero attached hydrogens (tertiary/aromatic N) is 2. The van der Waals surface area contributed by atoms with Gasteiger partial charge < -0.3 is 14.6 Å². The maximum atomic E-state index is 11.8. The van der Waals surface area contributed by atoms with Crippen LogP contribution in [0.5, 0.6) is 5.75 Å². The molecule has 1 amide bonds. The molecular formula is C15H11BrClN3O3S. The third-order valence-corrected chi connectivity index (χ3v) is 4.55. The molecular weight excluding hydrogens is 418 g/mol. The third-order valence-electron chi connectivity index (χ3n) is 2.90. The van der Waals surface area contributed by atoms with Gasteiger partial charge in [0.2, 0.25) is 11.7 Å². The summed E-state index contributed by atoms with van der Waals surface area (Å²) in [6.45, 7) is -0.0259. The van der Waals surface area contributed by atoms with Crippen molar-refractivity contribution >= 4 is 44.8 Å². The molecule has 0 bridgehead atoms. The summed E-state index contributed by atoms with van der Waals surface area (Å²) < 4.78 is 11.3. The van der Waals surface area contributed by atoms with E-state index in [1.807, 2.05) is 17.5 Å². The lowest BCUT2D eigenvalue weighted by Gasteiger charge is -2.08. The second kappa shape index (κ2) is 7.78. The smallest absolute Gasteiger partial charge is 0.258 e. The van der Waals surface area contributed by atoms with E-state index in [-0.39, 0.29) is 19.1 Å². The van der Waals surface area contributed by atoms with E-state index < -0.39 is 0 Å². The van der Waals surface area contributed by atoms with E-state index in [1.165, 1.54) is 11.3 Å². The number of benzene rings is 1. The van der Waals surface area contributed by atoms with Crippen LogP contribution in [0.4, 0.5) is 0 Å². The van der Waals surface area contributed by atoms with Crippen LogP contribution in [-0.2, 0) is 11.3 Å². The predicted octanol–water partition coefficient (Wildman–Crippen LogP) is 3.91. The highest BCUT2D eigenvalue weighted by Crippen LogP contribution is 2.27. The Hall–Kier alpha value is -1.90. The second-order valence-corrected chi connectivity index (χ2v) is 6.90. The van der Waals surface area contributed by atoms with Crippen LogP contribution in [0.25, 0.3) is 10.7 Å². The Morgan fingerprint density at radius 3 is 3.04 bits per heavy atom. The van der Waals surface area contributed by atoms with Crippen molar-refractivity contribution in [3.8, 4) is 16.5 Å². The van der Waals surface area contributed by atoms with Crippen molar-refractivity contribution in [2.45, 2.75) is 6.54 Å². The fraction of sp³-hybridized carbons (Fsp3) is 0.133. The van der Waals surface area contributed by atoms with Crippen LogP contribution in [0.2, 0.25) is 5.02 Å². The average molecular weight is 429 g/mol. The molecule has 0 unspecified atom stereocenters.